The molecule has 0 saturated heterocycles. The first-order valence-corrected chi connectivity index (χ1v) is 7.75. The van der Waals surface area contributed by atoms with Crippen LogP contribution in [0.15, 0.2) is 29.6 Å². The summed E-state index contributed by atoms with van der Waals surface area (Å²) in [6, 6.07) is 8.78. The fourth-order valence-corrected chi connectivity index (χ4v) is 3.46. The van der Waals surface area contributed by atoms with Gasteiger partial charge in [0, 0.05) is 11.9 Å². The minimum atomic E-state index is 0.515. The Kier molecular flexibility index (Phi) is 3.36. The van der Waals surface area contributed by atoms with Crippen LogP contribution in [0.1, 0.15) is 36.7 Å². The highest BCUT2D eigenvalue weighted by atomic mass is 32.1. The van der Waals surface area contributed by atoms with Gasteiger partial charge in [0.25, 0.3) is 0 Å². The summed E-state index contributed by atoms with van der Waals surface area (Å²) in [6.45, 7) is 6.96. The molecule has 104 valence electrons. The first kappa shape index (κ1) is 13.3. The molecule has 3 aromatic rings. The lowest BCUT2D eigenvalue weighted by Crippen LogP contribution is -2.03. The maximum Gasteiger partial charge on any atom is 0.194 e. The van der Waals surface area contributed by atoms with E-state index in [1.807, 2.05) is 6.92 Å². The minimum absolute atomic E-state index is 0.515. The zero-order chi connectivity index (χ0) is 14.3. The van der Waals surface area contributed by atoms with Crippen LogP contribution in [0.2, 0.25) is 0 Å². The second-order valence-corrected chi connectivity index (χ2v) is 6.20. The first-order valence-electron chi connectivity index (χ1n) is 6.87. The van der Waals surface area contributed by atoms with Crippen molar-refractivity contribution in [2.45, 2.75) is 33.2 Å². The third-order valence-electron chi connectivity index (χ3n) is 3.73. The van der Waals surface area contributed by atoms with Crippen LogP contribution in [0.5, 0.6) is 0 Å². The van der Waals surface area contributed by atoms with Gasteiger partial charge in [-0.2, -0.15) is 0 Å². The van der Waals surface area contributed by atoms with Gasteiger partial charge in [-0.3, -0.25) is 4.40 Å². The molecular formula is C16H19N3S. The number of thiazole rings is 1. The standard InChI is InChI=1S/C16H19N3S/c1-10(2)12-4-6-13(7-5-12)15-9-20-16-18-11(3)14(8-17)19(15)16/h4-7,9-10H,8,17H2,1-3H3. The number of hydrogen-bond acceptors (Lipinski definition) is 3. The van der Waals surface area contributed by atoms with Crippen molar-refractivity contribution in [3.63, 3.8) is 0 Å². The molecule has 0 atom stereocenters. The van der Waals surface area contributed by atoms with E-state index in [0.29, 0.717) is 12.5 Å². The molecular weight excluding hydrogens is 266 g/mol. The van der Waals surface area contributed by atoms with Crippen LogP contribution in [0, 0.1) is 6.92 Å². The summed E-state index contributed by atoms with van der Waals surface area (Å²) in [7, 11) is 0. The van der Waals surface area contributed by atoms with Crippen LogP contribution in [-0.2, 0) is 6.54 Å². The summed E-state index contributed by atoms with van der Waals surface area (Å²) >= 11 is 1.67. The normalized spacial score (nSPS) is 11.7. The number of aryl methyl sites for hydroxylation is 1. The summed E-state index contributed by atoms with van der Waals surface area (Å²) in [6.07, 6.45) is 0. The zero-order valence-corrected chi connectivity index (χ0v) is 12.9. The molecule has 1 aromatic carbocycles. The molecule has 0 aliphatic rings. The number of nitrogens with zero attached hydrogens (tertiary/aromatic N) is 2. The average molecular weight is 285 g/mol. The topological polar surface area (TPSA) is 43.3 Å². The molecule has 0 aliphatic heterocycles. The van der Waals surface area contributed by atoms with Crippen LogP contribution < -0.4 is 5.73 Å². The van der Waals surface area contributed by atoms with Crippen molar-refractivity contribution in [2.24, 2.45) is 5.73 Å². The Labute approximate surface area is 123 Å². The van der Waals surface area contributed by atoms with Gasteiger partial charge in [-0.1, -0.05) is 38.1 Å². The molecule has 2 N–H and O–H groups in total. The molecule has 2 aromatic heterocycles. The summed E-state index contributed by atoms with van der Waals surface area (Å²) < 4.78 is 2.18. The highest BCUT2D eigenvalue weighted by Crippen LogP contribution is 2.29. The van der Waals surface area contributed by atoms with Crippen molar-refractivity contribution in [1.29, 1.82) is 0 Å². The van der Waals surface area contributed by atoms with Gasteiger partial charge in [0.2, 0.25) is 0 Å². The van der Waals surface area contributed by atoms with Gasteiger partial charge < -0.3 is 5.73 Å². The van der Waals surface area contributed by atoms with E-state index in [1.165, 1.54) is 16.8 Å². The van der Waals surface area contributed by atoms with Crippen molar-refractivity contribution in [1.82, 2.24) is 9.38 Å². The van der Waals surface area contributed by atoms with Crippen LogP contribution in [0.25, 0.3) is 16.2 Å². The van der Waals surface area contributed by atoms with E-state index in [2.05, 4.69) is 52.9 Å². The molecule has 2 heterocycles. The lowest BCUT2D eigenvalue weighted by atomic mass is 10.0. The van der Waals surface area contributed by atoms with Crippen LogP contribution in [0.4, 0.5) is 0 Å². The summed E-state index contributed by atoms with van der Waals surface area (Å²) in [5.41, 5.74) is 11.8. The fourth-order valence-electron chi connectivity index (χ4n) is 2.50. The molecule has 0 bridgehead atoms. The third kappa shape index (κ3) is 2.05. The molecule has 0 saturated carbocycles. The Hall–Kier alpha value is -1.65. The number of imidazole rings is 1. The molecule has 4 heteroatoms. The second kappa shape index (κ2) is 5.04. The number of benzene rings is 1. The van der Waals surface area contributed by atoms with Crippen LogP contribution in [0.3, 0.4) is 0 Å². The third-order valence-corrected chi connectivity index (χ3v) is 4.55. The van der Waals surface area contributed by atoms with Crippen molar-refractivity contribution in [3.8, 4) is 11.3 Å². The van der Waals surface area contributed by atoms with E-state index in [-0.39, 0.29) is 0 Å². The summed E-state index contributed by atoms with van der Waals surface area (Å²) in [5, 5.41) is 2.16. The largest absolute Gasteiger partial charge is 0.325 e. The van der Waals surface area contributed by atoms with Gasteiger partial charge in [0.1, 0.15) is 0 Å². The molecule has 0 fully saturated rings. The number of aromatic nitrogens is 2. The van der Waals surface area contributed by atoms with Crippen LogP contribution in [-0.4, -0.2) is 9.38 Å². The lowest BCUT2D eigenvalue weighted by molar-refractivity contribution is 0.867. The monoisotopic (exact) mass is 285 g/mol. The number of rotatable bonds is 3. The van der Waals surface area contributed by atoms with Gasteiger partial charge >= 0.3 is 0 Å². The van der Waals surface area contributed by atoms with Gasteiger partial charge in [-0.15, -0.1) is 11.3 Å². The predicted octanol–water partition coefficient (Wildman–Crippen LogP) is 3.95. The van der Waals surface area contributed by atoms with Gasteiger partial charge in [-0.05, 0) is 24.0 Å². The Bertz CT molecular complexity index is 735. The second-order valence-electron chi connectivity index (χ2n) is 5.36. The first-order chi connectivity index (χ1) is 9.61. The van der Waals surface area contributed by atoms with E-state index < -0.39 is 0 Å². The SMILES string of the molecule is Cc1nc2scc(-c3ccc(C(C)C)cc3)n2c1CN. The Morgan fingerprint density at radius 1 is 1.25 bits per heavy atom. The van der Waals surface area contributed by atoms with Crippen LogP contribution >= 0.6 is 11.3 Å². The van der Waals surface area contributed by atoms with Crippen molar-refractivity contribution in [2.75, 3.05) is 0 Å². The van der Waals surface area contributed by atoms with E-state index in [0.717, 1.165) is 16.3 Å². The van der Waals surface area contributed by atoms with E-state index in [1.54, 1.807) is 11.3 Å². The maximum atomic E-state index is 5.87. The molecule has 3 rings (SSSR count). The van der Waals surface area contributed by atoms with Crippen molar-refractivity contribution in [3.05, 3.63) is 46.6 Å². The quantitative estimate of drug-likeness (QED) is 0.791. The highest BCUT2D eigenvalue weighted by Gasteiger charge is 2.14. The zero-order valence-electron chi connectivity index (χ0n) is 12.1. The van der Waals surface area contributed by atoms with E-state index in [4.69, 9.17) is 5.73 Å². The van der Waals surface area contributed by atoms with Gasteiger partial charge in [-0.25, -0.2) is 4.98 Å². The van der Waals surface area contributed by atoms with E-state index in [9.17, 15) is 0 Å². The van der Waals surface area contributed by atoms with E-state index >= 15 is 0 Å². The minimum Gasteiger partial charge on any atom is -0.325 e. The molecule has 0 spiro atoms. The Morgan fingerprint density at radius 3 is 2.55 bits per heavy atom. The highest BCUT2D eigenvalue weighted by molar-refractivity contribution is 7.15. The molecule has 3 nitrogen and oxygen atoms in total. The Balaban J connectivity index is 2.14. The van der Waals surface area contributed by atoms with Gasteiger partial charge in [0.05, 0.1) is 17.1 Å². The molecule has 0 aliphatic carbocycles. The number of hydrogen-bond donors (Lipinski definition) is 1. The smallest absolute Gasteiger partial charge is 0.194 e. The fraction of sp³-hybridized carbons (Fsp3) is 0.312. The van der Waals surface area contributed by atoms with Crippen molar-refractivity contribution < 1.29 is 0 Å². The Morgan fingerprint density at radius 2 is 1.95 bits per heavy atom. The lowest BCUT2D eigenvalue weighted by Gasteiger charge is -2.07. The maximum absolute atomic E-state index is 5.87. The number of nitrogens with two attached hydrogens (primary N) is 1. The molecule has 0 radical (unpaired) electrons. The molecule has 0 amide bonds. The summed E-state index contributed by atoms with van der Waals surface area (Å²) in [5.74, 6) is 0.557. The van der Waals surface area contributed by atoms with Gasteiger partial charge in [0.15, 0.2) is 4.96 Å². The van der Waals surface area contributed by atoms with Crippen molar-refractivity contribution >= 4 is 16.3 Å². The molecule has 0 unspecified atom stereocenters. The predicted molar refractivity (Wildman–Crippen MR) is 85.2 cm³/mol. The summed E-state index contributed by atoms with van der Waals surface area (Å²) in [4.78, 5) is 5.60. The molecule has 20 heavy (non-hydrogen) atoms. The number of fused-ring (bicyclic) bond motifs is 1. The average Bonchev–Trinajstić information content (AvgIpc) is 2.96.